The van der Waals surface area contributed by atoms with Gasteiger partial charge in [-0.25, -0.2) is 0 Å². The van der Waals surface area contributed by atoms with Crippen LogP contribution in [0.2, 0.25) is 0 Å². The van der Waals surface area contributed by atoms with Gasteiger partial charge in [-0.1, -0.05) is 0 Å². The van der Waals surface area contributed by atoms with Crippen LogP contribution < -0.4 is 16.4 Å². The van der Waals surface area contributed by atoms with E-state index in [2.05, 4.69) is 14.9 Å². The van der Waals surface area contributed by atoms with Gasteiger partial charge in [-0.3, -0.25) is 4.79 Å². The lowest BCUT2D eigenvalue weighted by atomic mass is 10.1. The Hall–Kier alpha value is -2.05. The molecule has 2 aliphatic heterocycles. The minimum atomic E-state index is 0.190. The molecule has 0 bridgehead atoms. The number of aromatic nitrogens is 2. The third-order valence-corrected chi connectivity index (χ3v) is 3.57. The van der Waals surface area contributed by atoms with E-state index in [9.17, 15) is 4.79 Å². The lowest BCUT2D eigenvalue weighted by molar-refractivity contribution is -0.129. The fourth-order valence-corrected chi connectivity index (χ4v) is 2.71. The molecule has 0 aromatic carbocycles. The SMILES string of the molecule is Nc1cc(N2CCN3C(=O)CCC3C2)nc(N)n1. The van der Waals surface area contributed by atoms with E-state index in [-0.39, 0.29) is 11.9 Å². The number of carbonyl (C=O) groups excluding carboxylic acids is 1. The maximum Gasteiger partial charge on any atom is 0.223 e. The van der Waals surface area contributed by atoms with Crippen LogP contribution in [-0.2, 0) is 4.79 Å². The molecule has 7 nitrogen and oxygen atoms in total. The van der Waals surface area contributed by atoms with Crippen LogP contribution in [0.15, 0.2) is 6.07 Å². The Labute approximate surface area is 105 Å². The molecule has 3 heterocycles. The van der Waals surface area contributed by atoms with Gasteiger partial charge in [-0.15, -0.1) is 0 Å². The molecule has 2 saturated heterocycles. The van der Waals surface area contributed by atoms with Crippen molar-refractivity contribution < 1.29 is 4.79 Å². The van der Waals surface area contributed by atoms with E-state index in [1.807, 2.05) is 4.90 Å². The number of fused-ring (bicyclic) bond motifs is 1. The minimum Gasteiger partial charge on any atom is -0.383 e. The fraction of sp³-hybridized carbons (Fsp3) is 0.545. The highest BCUT2D eigenvalue weighted by atomic mass is 16.2. The van der Waals surface area contributed by atoms with E-state index in [4.69, 9.17) is 11.5 Å². The molecule has 2 aliphatic rings. The van der Waals surface area contributed by atoms with Crippen LogP contribution in [0.4, 0.5) is 17.6 Å². The van der Waals surface area contributed by atoms with Gasteiger partial charge in [0.2, 0.25) is 11.9 Å². The first-order valence-electron chi connectivity index (χ1n) is 6.08. The number of nitrogens with two attached hydrogens (primary N) is 2. The number of nitrogens with zero attached hydrogens (tertiary/aromatic N) is 4. The third-order valence-electron chi connectivity index (χ3n) is 3.57. The molecule has 4 N–H and O–H groups in total. The number of amides is 1. The number of rotatable bonds is 1. The molecular weight excluding hydrogens is 232 g/mol. The second kappa shape index (κ2) is 4.01. The minimum absolute atomic E-state index is 0.190. The number of nitrogen functional groups attached to an aromatic ring is 2. The Morgan fingerprint density at radius 3 is 2.89 bits per heavy atom. The molecule has 0 aliphatic carbocycles. The fourth-order valence-electron chi connectivity index (χ4n) is 2.71. The monoisotopic (exact) mass is 248 g/mol. The number of carbonyl (C=O) groups is 1. The molecular formula is C11H16N6O. The zero-order valence-corrected chi connectivity index (χ0v) is 10.0. The molecule has 96 valence electrons. The molecule has 7 heteroatoms. The summed E-state index contributed by atoms with van der Waals surface area (Å²) < 4.78 is 0. The van der Waals surface area contributed by atoms with Crippen molar-refractivity contribution in [1.82, 2.24) is 14.9 Å². The van der Waals surface area contributed by atoms with Crippen LogP contribution >= 0.6 is 0 Å². The molecule has 2 fully saturated rings. The summed E-state index contributed by atoms with van der Waals surface area (Å²) in [6.45, 7) is 2.30. The zero-order chi connectivity index (χ0) is 12.7. The van der Waals surface area contributed by atoms with Gasteiger partial charge in [0.1, 0.15) is 11.6 Å². The molecule has 0 spiro atoms. The number of hydrogen-bond acceptors (Lipinski definition) is 6. The van der Waals surface area contributed by atoms with Crippen LogP contribution in [0.5, 0.6) is 0 Å². The molecule has 0 radical (unpaired) electrons. The highest BCUT2D eigenvalue weighted by Crippen LogP contribution is 2.26. The molecule has 3 rings (SSSR count). The maximum atomic E-state index is 11.6. The van der Waals surface area contributed by atoms with Crippen LogP contribution in [0.25, 0.3) is 0 Å². The van der Waals surface area contributed by atoms with Crippen molar-refractivity contribution >= 4 is 23.5 Å². The molecule has 1 atom stereocenters. The standard InChI is InChI=1S/C11H16N6O/c12-8-5-9(15-11(13)14-8)16-3-4-17-7(6-16)1-2-10(17)18/h5,7H,1-4,6H2,(H4,12,13,14,15). The van der Waals surface area contributed by atoms with Gasteiger partial charge in [-0.05, 0) is 6.42 Å². The quantitative estimate of drug-likeness (QED) is 0.691. The maximum absolute atomic E-state index is 11.6. The molecule has 1 aromatic rings. The van der Waals surface area contributed by atoms with Crippen molar-refractivity contribution in [1.29, 1.82) is 0 Å². The second-order valence-electron chi connectivity index (χ2n) is 4.73. The van der Waals surface area contributed by atoms with Gasteiger partial charge in [0.05, 0.1) is 0 Å². The van der Waals surface area contributed by atoms with Gasteiger partial charge >= 0.3 is 0 Å². The summed E-state index contributed by atoms with van der Waals surface area (Å²) >= 11 is 0. The normalized spacial score (nSPS) is 23.3. The molecule has 0 saturated carbocycles. The number of hydrogen-bond donors (Lipinski definition) is 2. The van der Waals surface area contributed by atoms with Crippen LogP contribution in [0.1, 0.15) is 12.8 Å². The van der Waals surface area contributed by atoms with Crippen LogP contribution in [0.3, 0.4) is 0 Å². The summed E-state index contributed by atoms with van der Waals surface area (Å²) in [5.74, 6) is 1.58. The predicted molar refractivity (Wildman–Crippen MR) is 67.8 cm³/mol. The first kappa shape index (κ1) is 11.1. The number of piperazine rings is 1. The summed E-state index contributed by atoms with van der Waals surface area (Å²) in [6.07, 6.45) is 1.58. The number of anilines is 3. The largest absolute Gasteiger partial charge is 0.383 e. The van der Waals surface area contributed by atoms with E-state index in [1.54, 1.807) is 6.07 Å². The van der Waals surface area contributed by atoms with Gasteiger partial charge in [0.25, 0.3) is 0 Å². The van der Waals surface area contributed by atoms with Gasteiger partial charge < -0.3 is 21.3 Å². The Kier molecular flexibility index (Phi) is 2.46. The van der Waals surface area contributed by atoms with Gasteiger partial charge in [-0.2, -0.15) is 9.97 Å². The van der Waals surface area contributed by atoms with Crippen LogP contribution in [0, 0.1) is 0 Å². The summed E-state index contributed by atoms with van der Waals surface area (Å²) in [5, 5.41) is 0. The lowest BCUT2D eigenvalue weighted by Crippen LogP contribution is -2.51. The highest BCUT2D eigenvalue weighted by molar-refractivity contribution is 5.79. The highest BCUT2D eigenvalue weighted by Gasteiger charge is 2.35. The molecule has 1 amide bonds. The van der Waals surface area contributed by atoms with Crippen molar-refractivity contribution in [3.05, 3.63) is 6.07 Å². The van der Waals surface area contributed by atoms with E-state index >= 15 is 0 Å². The van der Waals surface area contributed by atoms with Gasteiger partial charge in [0, 0.05) is 38.2 Å². The smallest absolute Gasteiger partial charge is 0.223 e. The second-order valence-corrected chi connectivity index (χ2v) is 4.73. The van der Waals surface area contributed by atoms with E-state index in [0.717, 1.165) is 31.9 Å². The van der Waals surface area contributed by atoms with E-state index in [1.165, 1.54) is 0 Å². The Morgan fingerprint density at radius 1 is 1.28 bits per heavy atom. The van der Waals surface area contributed by atoms with Crippen molar-refractivity contribution in [2.45, 2.75) is 18.9 Å². The summed E-state index contributed by atoms with van der Waals surface area (Å²) in [6, 6.07) is 2.02. The Balaban J connectivity index is 1.80. The van der Waals surface area contributed by atoms with Crippen molar-refractivity contribution in [3.63, 3.8) is 0 Å². The summed E-state index contributed by atoms with van der Waals surface area (Å²) in [4.78, 5) is 23.7. The third kappa shape index (κ3) is 1.81. The van der Waals surface area contributed by atoms with E-state index in [0.29, 0.717) is 18.3 Å². The first-order valence-corrected chi connectivity index (χ1v) is 6.08. The molecule has 1 unspecified atom stereocenters. The lowest BCUT2D eigenvalue weighted by Gasteiger charge is -2.38. The predicted octanol–water partition coefficient (Wildman–Crippen LogP) is -0.548. The summed E-state index contributed by atoms with van der Waals surface area (Å²) in [5.41, 5.74) is 11.3. The Bertz CT molecular complexity index is 470. The average Bonchev–Trinajstić information content (AvgIpc) is 2.69. The topological polar surface area (TPSA) is 101 Å². The van der Waals surface area contributed by atoms with Crippen molar-refractivity contribution in [2.24, 2.45) is 0 Å². The molecule has 18 heavy (non-hydrogen) atoms. The molecule has 1 aromatic heterocycles. The first-order chi connectivity index (χ1) is 8.63. The van der Waals surface area contributed by atoms with Crippen molar-refractivity contribution in [3.8, 4) is 0 Å². The van der Waals surface area contributed by atoms with Crippen molar-refractivity contribution in [2.75, 3.05) is 36.0 Å². The zero-order valence-electron chi connectivity index (χ0n) is 10.0. The van der Waals surface area contributed by atoms with Crippen LogP contribution in [-0.4, -0.2) is 46.5 Å². The van der Waals surface area contributed by atoms with Gasteiger partial charge in [0.15, 0.2) is 0 Å². The Morgan fingerprint density at radius 2 is 2.11 bits per heavy atom. The summed E-state index contributed by atoms with van der Waals surface area (Å²) in [7, 11) is 0. The average molecular weight is 248 g/mol. The van der Waals surface area contributed by atoms with E-state index < -0.39 is 0 Å².